The number of halogens is 2. The molecule has 2 aliphatic carbocycles. The van der Waals surface area contributed by atoms with E-state index >= 15 is 8.78 Å². The standard InChI is InChI=1S/C61H72F2N10O6/c62-43-34-42(35-44(63)55(43)70-30-26-37(27-31-70)36-12-4-1-5-13-36)73-49(40-20-22-45-47(32-40)66-56(64-45)51-18-10-28-71(51)58(74)53(68-60(76)77)38-14-6-2-7-15-38)24-25-50(73)41-21-23-46-48(33-41)67-57(65-46)52-19-11-29-72(52)59(75)54(69-61(78)79)39-16-8-3-9-17-39/h1,4-5,12-13,20-23,32-35,37-39,49-54,68-69H,2-3,6-11,14-19,24-31H2,(H,64,66)(H,65,67)(H,76,77)(H,78,79)/t49-,50+,51?,52?,53-,54?/m0/s1. The number of nitrogens with one attached hydrogen (secondary N) is 4. The van der Waals surface area contributed by atoms with Crippen LogP contribution in [0.2, 0.25) is 0 Å². The first-order chi connectivity index (χ1) is 38.4. The zero-order valence-corrected chi connectivity index (χ0v) is 44.7. The number of nitrogens with zero attached hydrogens (tertiary/aromatic N) is 6. The lowest BCUT2D eigenvalue weighted by molar-refractivity contribution is -0.136. The van der Waals surface area contributed by atoms with Crippen molar-refractivity contribution in [1.29, 1.82) is 0 Å². The molecule has 12 rings (SSSR count). The number of benzene rings is 4. The van der Waals surface area contributed by atoms with Crippen LogP contribution in [-0.2, 0) is 9.59 Å². The van der Waals surface area contributed by atoms with Crippen molar-refractivity contribution in [2.75, 3.05) is 36.0 Å². The Labute approximate surface area is 458 Å². The molecule has 6 aromatic rings. The predicted molar refractivity (Wildman–Crippen MR) is 297 cm³/mol. The molecule has 6 heterocycles. The molecule has 4 aliphatic heterocycles. The number of likely N-dealkylation sites (tertiary alicyclic amines) is 2. The number of H-pyrrole nitrogens is 2. The maximum absolute atomic E-state index is 16.9. The number of carbonyl (C=O) groups is 4. The van der Waals surface area contributed by atoms with Gasteiger partial charge in [0.2, 0.25) is 11.8 Å². The molecule has 6 aliphatic rings. The number of carbonyl (C=O) groups excluding carboxylic acids is 2. The van der Waals surface area contributed by atoms with E-state index in [4.69, 9.17) is 9.97 Å². The number of rotatable bonds is 13. The summed E-state index contributed by atoms with van der Waals surface area (Å²) in [5.74, 6) is -0.155. The monoisotopic (exact) mass is 1080 g/mol. The van der Waals surface area contributed by atoms with Crippen molar-refractivity contribution < 1.29 is 38.2 Å². The smallest absolute Gasteiger partial charge is 0.405 e. The van der Waals surface area contributed by atoms with Gasteiger partial charge in [0.25, 0.3) is 0 Å². The molecule has 4 amide bonds. The maximum Gasteiger partial charge on any atom is 0.405 e. The summed E-state index contributed by atoms with van der Waals surface area (Å²) in [4.78, 5) is 77.4. The molecule has 6 N–H and O–H groups in total. The van der Waals surface area contributed by atoms with Crippen molar-refractivity contribution in [3.63, 3.8) is 0 Å². The van der Waals surface area contributed by atoms with Crippen LogP contribution in [-0.4, -0.2) is 102 Å². The fraction of sp³-hybridized carbons (Fsp3) is 0.508. The highest BCUT2D eigenvalue weighted by Gasteiger charge is 2.43. The molecule has 2 aromatic heterocycles. The molecule has 2 saturated carbocycles. The van der Waals surface area contributed by atoms with Crippen molar-refractivity contribution in [2.45, 2.75) is 158 Å². The van der Waals surface area contributed by atoms with Gasteiger partial charge in [0.15, 0.2) is 11.6 Å². The number of carboxylic acid groups (broad SMARTS) is 2. The Morgan fingerprint density at radius 2 is 0.987 bits per heavy atom. The summed E-state index contributed by atoms with van der Waals surface area (Å²) in [6.45, 7) is 2.06. The van der Waals surface area contributed by atoms with Gasteiger partial charge < -0.3 is 50.4 Å². The number of piperidine rings is 1. The summed E-state index contributed by atoms with van der Waals surface area (Å²) >= 11 is 0. The van der Waals surface area contributed by atoms with Gasteiger partial charge in [-0.15, -0.1) is 0 Å². The Morgan fingerprint density at radius 3 is 1.44 bits per heavy atom. The van der Waals surface area contributed by atoms with Crippen LogP contribution in [0.25, 0.3) is 22.1 Å². The fourth-order valence-electron chi connectivity index (χ4n) is 14.8. The first-order valence-electron chi connectivity index (χ1n) is 29.1. The molecule has 6 fully saturated rings. The summed E-state index contributed by atoms with van der Waals surface area (Å²) in [5, 5.41) is 24.8. The second-order valence-electron chi connectivity index (χ2n) is 23.3. The number of fused-ring (bicyclic) bond motifs is 2. The Balaban J connectivity index is 0.849. The number of hydrogen-bond acceptors (Lipinski definition) is 8. The molecule has 3 unspecified atom stereocenters. The van der Waals surface area contributed by atoms with Crippen LogP contribution in [0.1, 0.15) is 174 Å². The summed E-state index contributed by atoms with van der Waals surface area (Å²) in [6, 6.07) is 22.4. The first-order valence-corrected chi connectivity index (χ1v) is 29.1. The van der Waals surface area contributed by atoms with Crippen LogP contribution in [0, 0.1) is 23.5 Å². The van der Waals surface area contributed by atoms with Crippen molar-refractivity contribution in [2.24, 2.45) is 11.8 Å². The lowest BCUT2D eigenvalue weighted by atomic mass is 9.83. The number of aromatic nitrogens is 4. The third-order valence-electron chi connectivity index (χ3n) is 18.6. The van der Waals surface area contributed by atoms with E-state index in [0.717, 1.165) is 112 Å². The molecule has 6 atom stereocenters. The summed E-state index contributed by atoms with van der Waals surface area (Å²) in [7, 11) is 0. The van der Waals surface area contributed by atoms with E-state index in [2.05, 4.69) is 37.6 Å². The van der Waals surface area contributed by atoms with Gasteiger partial charge in [0.1, 0.15) is 29.4 Å². The van der Waals surface area contributed by atoms with Gasteiger partial charge in [-0.3, -0.25) is 9.59 Å². The summed E-state index contributed by atoms with van der Waals surface area (Å²) in [6.07, 6.45) is 12.6. The van der Waals surface area contributed by atoms with Crippen molar-refractivity contribution in [3.8, 4) is 0 Å². The maximum atomic E-state index is 16.9. The van der Waals surface area contributed by atoms with Crippen LogP contribution in [0.15, 0.2) is 78.9 Å². The predicted octanol–water partition coefficient (Wildman–Crippen LogP) is 11.9. The molecule has 4 aromatic carbocycles. The normalized spacial score (nSPS) is 23.4. The first kappa shape index (κ1) is 52.5. The van der Waals surface area contributed by atoms with Crippen molar-refractivity contribution in [3.05, 3.63) is 119 Å². The van der Waals surface area contributed by atoms with E-state index in [0.29, 0.717) is 86.1 Å². The minimum atomic E-state index is -1.20. The van der Waals surface area contributed by atoms with Gasteiger partial charge in [-0.05, 0) is 148 Å². The van der Waals surface area contributed by atoms with Crippen molar-refractivity contribution >= 4 is 57.4 Å². The average Bonchev–Trinajstić information content (AvgIpc) is 4.37. The van der Waals surface area contributed by atoms with Gasteiger partial charge in [0, 0.05) is 31.9 Å². The number of hydrogen-bond donors (Lipinski definition) is 6. The Kier molecular flexibility index (Phi) is 14.9. The molecule has 4 saturated heterocycles. The molecular weight excluding hydrogens is 1010 g/mol. The molecule has 16 nitrogen and oxygen atoms in total. The van der Waals surface area contributed by atoms with Crippen LogP contribution < -0.4 is 20.4 Å². The van der Waals surface area contributed by atoms with E-state index in [-0.39, 0.29) is 53.5 Å². The van der Waals surface area contributed by atoms with Gasteiger partial charge in [-0.25, -0.2) is 28.3 Å². The third-order valence-corrected chi connectivity index (χ3v) is 18.6. The molecule has 0 radical (unpaired) electrons. The molecule has 416 valence electrons. The lowest BCUT2D eigenvalue weighted by Crippen LogP contribution is -2.52. The number of amides is 4. The highest BCUT2D eigenvalue weighted by molar-refractivity contribution is 5.87. The Bertz CT molecular complexity index is 3030. The van der Waals surface area contributed by atoms with E-state index in [1.165, 1.54) is 17.7 Å². The van der Waals surface area contributed by atoms with Crippen molar-refractivity contribution in [1.82, 2.24) is 40.4 Å². The van der Waals surface area contributed by atoms with E-state index in [1.54, 1.807) is 9.80 Å². The van der Waals surface area contributed by atoms with Gasteiger partial charge in [0.05, 0.1) is 46.2 Å². The van der Waals surface area contributed by atoms with Gasteiger partial charge >= 0.3 is 12.2 Å². The molecule has 0 spiro atoms. The topological polar surface area (TPSA) is 203 Å². The molecule has 18 heteroatoms. The molecule has 79 heavy (non-hydrogen) atoms. The fourth-order valence-corrected chi connectivity index (χ4v) is 14.8. The number of aromatic amines is 2. The highest BCUT2D eigenvalue weighted by atomic mass is 19.1. The van der Waals surface area contributed by atoms with E-state index in [1.807, 2.05) is 59.5 Å². The second kappa shape index (κ2) is 22.5. The minimum Gasteiger partial charge on any atom is -0.465 e. The SMILES string of the molecule is O=C(O)NC(C(=O)N1CCCC1c1nc2cc([C@H]3CC[C@@H](c4ccc5[nH]c(C6CCCN6C(=O)[C@@H](NC(=O)O)C6CCCCC6)nc5c4)N3c3cc(F)c(N4CCC(c5ccccc5)CC4)c(F)c3)ccc2[nH]1)C1CCCCC1. The minimum absolute atomic E-state index is 0.00927. The summed E-state index contributed by atoms with van der Waals surface area (Å²) < 4.78 is 33.8. The summed E-state index contributed by atoms with van der Waals surface area (Å²) in [5.41, 5.74) is 6.45. The third kappa shape index (κ3) is 10.6. The Hall–Kier alpha value is -7.24. The lowest BCUT2D eigenvalue weighted by Gasteiger charge is -2.36. The van der Waals surface area contributed by atoms with E-state index in [9.17, 15) is 29.4 Å². The molecule has 0 bridgehead atoms. The number of imidazole rings is 2. The zero-order chi connectivity index (χ0) is 54.3. The van der Waals surface area contributed by atoms with Gasteiger partial charge in [-0.2, -0.15) is 0 Å². The van der Waals surface area contributed by atoms with Crippen LogP contribution in [0.5, 0.6) is 0 Å². The second-order valence-corrected chi connectivity index (χ2v) is 23.3. The van der Waals surface area contributed by atoms with E-state index < -0.39 is 35.9 Å². The number of anilines is 2. The zero-order valence-electron chi connectivity index (χ0n) is 44.7. The quantitative estimate of drug-likeness (QED) is 0.0646. The Morgan fingerprint density at radius 1 is 0.519 bits per heavy atom. The average molecular weight is 1080 g/mol. The molecular formula is C61H72F2N10O6. The van der Waals surface area contributed by atoms with Crippen LogP contribution in [0.3, 0.4) is 0 Å². The van der Waals surface area contributed by atoms with Crippen LogP contribution >= 0.6 is 0 Å². The highest BCUT2D eigenvalue weighted by Crippen LogP contribution is 2.49. The van der Waals surface area contributed by atoms with Crippen LogP contribution in [0.4, 0.5) is 29.7 Å². The van der Waals surface area contributed by atoms with Gasteiger partial charge in [-0.1, -0.05) is 81.0 Å². The largest absolute Gasteiger partial charge is 0.465 e.